The van der Waals surface area contributed by atoms with Crippen molar-refractivity contribution in [3.8, 4) is 5.75 Å². The number of benzene rings is 1. The summed E-state index contributed by atoms with van der Waals surface area (Å²) in [6.07, 6.45) is 2.55. The lowest BCUT2D eigenvalue weighted by atomic mass is 9.86. The molecule has 1 aromatic carbocycles. The molecule has 2 aromatic rings. The number of methoxy groups -OCH3 is 1. The van der Waals surface area contributed by atoms with E-state index in [4.69, 9.17) is 9.57 Å². The minimum absolute atomic E-state index is 0.232. The highest BCUT2D eigenvalue weighted by molar-refractivity contribution is 7.09. The zero-order chi connectivity index (χ0) is 17.6. The standard InChI is InChI=1S/C18H17NO5S/c1-22-16-7-3-2-6-14(16)13(9-8-12-5-4-10-25-12)15-11-17(20)23-19-24-18(15)21/h2-7,10-11,13,19H,8-9H2,1H3. The number of rotatable bonds is 6. The molecule has 1 aliphatic heterocycles. The second-order valence-electron chi connectivity index (χ2n) is 5.41. The maximum Gasteiger partial charge on any atom is 0.357 e. The van der Waals surface area contributed by atoms with E-state index in [1.807, 2.05) is 47.4 Å². The number of carbonyl (C=O) groups is 2. The summed E-state index contributed by atoms with van der Waals surface area (Å²) in [5.74, 6) is -1.04. The van der Waals surface area contributed by atoms with E-state index < -0.39 is 11.9 Å². The Labute approximate surface area is 148 Å². The van der Waals surface area contributed by atoms with Gasteiger partial charge in [0.2, 0.25) is 0 Å². The van der Waals surface area contributed by atoms with Crippen LogP contribution < -0.4 is 10.4 Å². The Balaban J connectivity index is 1.98. The monoisotopic (exact) mass is 359 g/mol. The van der Waals surface area contributed by atoms with E-state index in [2.05, 4.69) is 4.84 Å². The molecule has 7 heteroatoms. The molecular formula is C18H17NO5S. The number of carbonyl (C=O) groups excluding carboxylic acids is 2. The smallest absolute Gasteiger partial charge is 0.357 e. The quantitative estimate of drug-likeness (QED) is 0.855. The average molecular weight is 359 g/mol. The lowest BCUT2D eigenvalue weighted by Crippen LogP contribution is -2.21. The highest BCUT2D eigenvalue weighted by Crippen LogP contribution is 2.36. The first kappa shape index (κ1) is 17.2. The Morgan fingerprint density at radius 3 is 2.76 bits per heavy atom. The van der Waals surface area contributed by atoms with Crippen molar-refractivity contribution in [3.05, 3.63) is 63.9 Å². The predicted molar refractivity (Wildman–Crippen MR) is 91.8 cm³/mol. The minimum atomic E-state index is -0.683. The number of ether oxygens (including phenoxy) is 1. The molecule has 2 heterocycles. The van der Waals surface area contributed by atoms with Gasteiger partial charge in [0, 0.05) is 28.1 Å². The number of hydrogen-bond acceptors (Lipinski definition) is 7. The normalized spacial score (nSPS) is 15.6. The van der Waals surface area contributed by atoms with Gasteiger partial charge in [-0.15, -0.1) is 11.3 Å². The molecule has 1 atom stereocenters. The summed E-state index contributed by atoms with van der Waals surface area (Å²) in [6.45, 7) is 0. The second kappa shape index (κ2) is 7.96. The van der Waals surface area contributed by atoms with Gasteiger partial charge >= 0.3 is 11.9 Å². The van der Waals surface area contributed by atoms with Crippen LogP contribution >= 0.6 is 11.3 Å². The van der Waals surface area contributed by atoms with Crippen molar-refractivity contribution in [1.82, 2.24) is 5.64 Å². The van der Waals surface area contributed by atoms with Gasteiger partial charge < -0.3 is 14.4 Å². The summed E-state index contributed by atoms with van der Waals surface area (Å²) < 4.78 is 5.44. The molecule has 0 bridgehead atoms. The maximum absolute atomic E-state index is 12.3. The van der Waals surface area contributed by atoms with Crippen LogP contribution in [-0.2, 0) is 25.7 Å². The van der Waals surface area contributed by atoms with Gasteiger partial charge in [-0.25, -0.2) is 9.59 Å². The number of aryl methyl sites for hydroxylation is 1. The van der Waals surface area contributed by atoms with Crippen LogP contribution in [-0.4, -0.2) is 19.0 Å². The van der Waals surface area contributed by atoms with Crippen molar-refractivity contribution in [1.29, 1.82) is 0 Å². The molecule has 0 fully saturated rings. The molecule has 130 valence electrons. The third-order valence-electron chi connectivity index (χ3n) is 3.93. The van der Waals surface area contributed by atoms with Gasteiger partial charge in [0.15, 0.2) is 0 Å². The summed E-state index contributed by atoms with van der Waals surface area (Å²) in [4.78, 5) is 34.6. The zero-order valence-corrected chi connectivity index (χ0v) is 14.4. The van der Waals surface area contributed by atoms with Gasteiger partial charge in [0.1, 0.15) is 5.75 Å². The van der Waals surface area contributed by atoms with Crippen molar-refractivity contribution in [2.45, 2.75) is 18.8 Å². The number of para-hydroxylation sites is 1. The van der Waals surface area contributed by atoms with Crippen molar-refractivity contribution >= 4 is 23.3 Å². The lowest BCUT2D eigenvalue weighted by Gasteiger charge is -2.20. The van der Waals surface area contributed by atoms with Crippen LogP contribution in [0.2, 0.25) is 0 Å². The molecule has 0 saturated heterocycles. The zero-order valence-electron chi connectivity index (χ0n) is 13.6. The first-order valence-corrected chi connectivity index (χ1v) is 8.61. The van der Waals surface area contributed by atoms with E-state index >= 15 is 0 Å². The molecule has 3 rings (SSSR count). The molecule has 0 amide bonds. The Morgan fingerprint density at radius 2 is 2.00 bits per heavy atom. The maximum atomic E-state index is 12.3. The molecule has 1 N–H and O–H groups in total. The van der Waals surface area contributed by atoms with Crippen molar-refractivity contribution in [2.24, 2.45) is 0 Å². The Bertz CT molecular complexity index is 785. The topological polar surface area (TPSA) is 73.9 Å². The molecule has 0 radical (unpaired) electrons. The molecule has 0 saturated carbocycles. The van der Waals surface area contributed by atoms with Gasteiger partial charge in [-0.05, 0) is 30.4 Å². The first-order chi connectivity index (χ1) is 12.2. The summed E-state index contributed by atoms with van der Waals surface area (Å²) >= 11 is 1.65. The lowest BCUT2D eigenvalue weighted by molar-refractivity contribution is -0.189. The van der Waals surface area contributed by atoms with Crippen LogP contribution in [0.1, 0.15) is 22.8 Å². The van der Waals surface area contributed by atoms with Gasteiger partial charge in [0.25, 0.3) is 0 Å². The number of hydrogen-bond donors (Lipinski definition) is 1. The van der Waals surface area contributed by atoms with Gasteiger partial charge in [-0.3, -0.25) is 0 Å². The Morgan fingerprint density at radius 1 is 1.16 bits per heavy atom. The molecule has 0 spiro atoms. The Kier molecular flexibility index (Phi) is 5.47. The fourth-order valence-corrected chi connectivity index (χ4v) is 3.52. The Hall–Kier alpha value is -2.64. The SMILES string of the molecule is COc1ccccc1C(CCc1cccs1)C1=CC(=O)ONOC1=O. The molecule has 1 aromatic heterocycles. The molecule has 1 aliphatic rings. The molecule has 6 nitrogen and oxygen atoms in total. The molecule has 25 heavy (non-hydrogen) atoms. The van der Waals surface area contributed by atoms with E-state index in [1.54, 1.807) is 18.4 Å². The minimum Gasteiger partial charge on any atom is -0.496 e. The van der Waals surface area contributed by atoms with Crippen molar-refractivity contribution < 1.29 is 24.0 Å². The van der Waals surface area contributed by atoms with Crippen LogP contribution in [0.3, 0.4) is 0 Å². The highest BCUT2D eigenvalue weighted by Gasteiger charge is 2.29. The summed E-state index contributed by atoms with van der Waals surface area (Å²) in [7, 11) is 1.57. The number of nitrogens with one attached hydrogen (secondary N) is 1. The first-order valence-electron chi connectivity index (χ1n) is 7.73. The van der Waals surface area contributed by atoms with Gasteiger partial charge in [-0.2, -0.15) is 0 Å². The fraction of sp³-hybridized carbons (Fsp3) is 0.222. The van der Waals surface area contributed by atoms with Crippen LogP contribution in [0.5, 0.6) is 5.75 Å². The van der Waals surface area contributed by atoms with Crippen molar-refractivity contribution in [3.63, 3.8) is 0 Å². The molecular weight excluding hydrogens is 342 g/mol. The van der Waals surface area contributed by atoms with Crippen LogP contribution in [0, 0.1) is 0 Å². The molecule has 1 unspecified atom stereocenters. The van der Waals surface area contributed by atoms with Crippen LogP contribution in [0.25, 0.3) is 0 Å². The van der Waals surface area contributed by atoms with E-state index in [9.17, 15) is 9.59 Å². The van der Waals surface area contributed by atoms with E-state index in [0.29, 0.717) is 12.2 Å². The van der Waals surface area contributed by atoms with E-state index in [1.165, 1.54) is 11.0 Å². The van der Waals surface area contributed by atoms with E-state index in [-0.39, 0.29) is 11.5 Å². The van der Waals surface area contributed by atoms with Gasteiger partial charge in [-0.1, -0.05) is 24.3 Å². The van der Waals surface area contributed by atoms with Crippen LogP contribution in [0.15, 0.2) is 53.4 Å². The van der Waals surface area contributed by atoms with Gasteiger partial charge in [0.05, 0.1) is 12.7 Å². The fourth-order valence-electron chi connectivity index (χ4n) is 2.79. The summed E-state index contributed by atoms with van der Waals surface area (Å²) in [6, 6.07) is 11.5. The average Bonchev–Trinajstić information content (AvgIpc) is 3.08. The van der Waals surface area contributed by atoms with E-state index in [0.717, 1.165) is 12.0 Å². The highest BCUT2D eigenvalue weighted by atomic mass is 32.1. The molecule has 0 aliphatic carbocycles. The van der Waals surface area contributed by atoms with Crippen LogP contribution in [0.4, 0.5) is 0 Å². The third-order valence-corrected chi connectivity index (χ3v) is 4.87. The third kappa shape index (κ3) is 4.07. The number of thiophene rings is 1. The second-order valence-corrected chi connectivity index (χ2v) is 6.44. The summed E-state index contributed by atoms with van der Waals surface area (Å²) in [5.41, 5.74) is 2.95. The largest absolute Gasteiger partial charge is 0.496 e. The predicted octanol–water partition coefficient (Wildman–Crippen LogP) is 2.92. The van der Waals surface area contributed by atoms with Crippen molar-refractivity contribution in [2.75, 3.05) is 7.11 Å². The summed E-state index contributed by atoms with van der Waals surface area (Å²) in [5, 5.41) is 2.01.